The van der Waals surface area contributed by atoms with Crippen LogP contribution < -0.4 is 4.74 Å². The number of para-hydroxylation sites is 1. The standard InChI is InChI=1S/C15H12N2O2/c1-2-6-12(7-3-1)10-18-14-9-5-4-8-13(14)15-17-16-11-19-15/h1-9,11H,10H2. The first kappa shape index (κ1) is 11.5. The van der Waals surface area contributed by atoms with Gasteiger partial charge < -0.3 is 9.15 Å². The Kier molecular flexibility index (Phi) is 3.23. The fraction of sp³-hybridized carbons (Fsp3) is 0.0667. The van der Waals surface area contributed by atoms with Crippen LogP contribution in [-0.4, -0.2) is 10.2 Å². The van der Waals surface area contributed by atoms with Crippen molar-refractivity contribution in [1.29, 1.82) is 0 Å². The number of hydrogen-bond donors (Lipinski definition) is 0. The van der Waals surface area contributed by atoms with Crippen molar-refractivity contribution in [3.05, 3.63) is 66.6 Å². The molecule has 0 radical (unpaired) electrons. The molecule has 0 bridgehead atoms. The van der Waals surface area contributed by atoms with Gasteiger partial charge in [-0.05, 0) is 17.7 Å². The van der Waals surface area contributed by atoms with E-state index in [1.54, 1.807) is 0 Å². The Morgan fingerprint density at radius 2 is 1.74 bits per heavy atom. The van der Waals surface area contributed by atoms with Gasteiger partial charge in [0.1, 0.15) is 12.4 Å². The number of aromatic nitrogens is 2. The van der Waals surface area contributed by atoms with E-state index in [4.69, 9.17) is 9.15 Å². The average Bonchev–Trinajstić information content (AvgIpc) is 3.01. The molecule has 0 spiro atoms. The van der Waals surface area contributed by atoms with E-state index < -0.39 is 0 Å². The summed E-state index contributed by atoms with van der Waals surface area (Å²) in [5.41, 5.74) is 1.92. The molecule has 1 aromatic heterocycles. The molecule has 0 fully saturated rings. The Bertz CT molecular complexity index is 636. The minimum Gasteiger partial charge on any atom is -0.488 e. The fourth-order valence-corrected chi connectivity index (χ4v) is 1.79. The van der Waals surface area contributed by atoms with Crippen molar-refractivity contribution in [2.75, 3.05) is 0 Å². The van der Waals surface area contributed by atoms with Gasteiger partial charge >= 0.3 is 0 Å². The molecule has 2 aromatic carbocycles. The number of hydrogen-bond acceptors (Lipinski definition) is 4. The van der Waals surface area contributed by atoms with E-state index in [2.05, 4.69) is 10.2 Å². The number of benzene rings is 2. The van der Waals surface area contributed by atoms with Crippen LogP contribution in [0.3, 0.4) is 0 Å². The summed E-state index contributed by atoms with van der Waals surface area (Å²) in [6.45, 7) is 0.506. The van der Waals surface area contributed by atoms with Crippen molar-refractivity contribution in [3.63, 3.8) is 0 Å². The van der Waals surface area contributed by atoms with E-state index in [1.807, 2.05) is 54.6 Å². The normalized spacial score (nSPS) is 10.3. The highest BCUT2D eigenvalue weighted by molar-refractivity contribution is 5.62. The number of nitrogens with zero attached hydrogens (tertiary/aromatic N) is 2. The minimum absolute atomic E-state index is 0.462. The zero-order chi connectivity index (χ0) is 12.9. The second-order valence-electron chi connectivity index (χ2n) is 4.01. The zero-order valence-electron chi connectivity index (χ0n) is 10.2. The van der Waals surface area contributed by atoms with Crippen LogP contribution in [0.25, 0.3) is 11.5 Å². The highest BCUT2D eigenvalue weighted by Crippen LogP contribution is 2.28. The van der Waals surface area contributed by atoms with Crippen LogP contribution in [-0.2, 0) is 6.61 Å². The maximum atomic E-state index is 5.82. The van der Waals surface area contributed by atoms with Crippen molar-refractivity contribution >= 4 is 0 Å². The van der Waals surface area contributed by atoms with Crippen LogP contribution in [0.1, 0.15) is 5.56 Å². The molecule has 0 aliphatic rings. The Labute approximate surface area is 110 Å². The topological polar surface area (TPSA) is 48.2 Å². The molecular weight excluding hydrogens is 240 g/mol. The van der Waals surface area contributed by atoms with Crippen molar-refractivity contribution < 1.29 is 9.15 Å². The Hall–Kier alpha value is -2.62. The van der Waals surface area contributed by atoms with Crippen molar-refractivity contribution in [2.45, 2.75) is 6.61 Å². The summed E-state index contributed by atoms with van der Waals surface area (Å²) < 4.78 is 11.0. The van der Waals surface area contributed by atoms with Gasteiger partial charge in [-0.1, -0.05) is 42.5 Å². The Morgan fingerprint density at radius 3 is 2.53 bits per heavy atom. The molecule has 94 valence electrons. The summed E-state index contributed by atoms with van der Waals surface area (Å²) in [5, 5.41) is 7.59. The van der Waals surface area contributed by atoms with E-state index in [9.17, 15) is 0 Å². The van der Waals surface area contributed by atoms with Gasteiger partial charge in [0, 0.05) is 0 Å². The van der Waals surface area contributed by atoms with Crippen LogP contribution in [0.5, 0.6) is 5.75 Å². The van der Waals surface area contributed by atoms with Crippen molar-refractivity contribution in [3.8, 4) is 17.2 Å². The molecule has 0 atom stereocenters. The summed E-state index contributed by atoms with van der Waals surface area (Å²) in [5.74, 6) is 1.19. The van der Waals surface area contributed by atoms with Gasteiger partial charge in [-0.25, -0.2) is 0 Å². The maximum absolute atomic E-state index is 5.82. The highest BCUT2D eigenvalue weighted by Gasteiger charge is 2.10. The van der Waals surface area contributed by atoms with E-state index in [1.165, 1.54) is 6.39 Å². The lowest BCUT2D eigenvalue weighted by atomic mass is 10.2. The largest absolute Gasteiger partial charge is 0.488 e. The average molecular weight is 252 g/mol. The summed E-state index contributed by atoms with van der Waals surface area (Å²) in [6.07, 6.45) is 1.31. The lowest BCUT2D eigenvalue weighted by Gasteiger charge is -2.09. The van der Waals surface area contributed by atoms with Crippen LogP contribution in [0.2, 0.25) is 0 Å². The summed E-state index contributed by atoms with van der Waals surface area (Å²) in [4.78, 5) is 0. The molecule has 0 N–H and O–H groups in total. The molecule has 0 unspecified atom stereocenters. The first-order chi connectivity index (χ1) is 9.43. The molecule has 4 heteroatoms. The molecule has 0 amide bonds. The molecular formula is C15H12N2O2. The molecule has 19 heavy (non-hydrogen) atoms. The van der Waals surface area contributed by atoms with Crippen LogP contribution in [0, 0.1) is 0 Å². The van der Waals surface area contributed by atoms with Gasteiger partial charge in [-0.15, -0.1) is 10.2 Å². The maximum Gasteiger partial charge on any atom is 0.251 e. The third-order valence-corrected chi connectivity index (χ3v) is 2.71. The highest BCUT2D eigenvalue weighted by atomic mass is 16.5. The van der Waals surface area contributed by atoms with E-state index in [0.717, 1.165) is 16.9 Å². The first-order valence-electron chi connectivity index (χ1n) is 5.96. The van der Waals surface area contributed by atoms with E-state index in [0.29, 0.717) is 12.5 Å². The number of ether oxygens (including phenoxy) is 1. The first-order valence-corrected chi connectivity index (χ1v) is 5.96. The van der Waals surface area contributed by atoms with E-state index in [-0.39, 0.29) is 0 Å². The summed E-state index contributed by atoms with van der Waals surface area (Å²) in [7, 11) is 0. The minimum atomic E-state index is 0.462. The third-order valence-electron chi connectivity index (χ3n) is 2.71. The monoisotopic (exact) mass is 252 g/mol. The second-order valence-corrected chi connectivity index (χ2v) is 4.01. The molecule has 0 saturated heterocycles. The van der Waals surface area contributed by atoms with Gasteiger partial charge in [-0.3, -0.25) is 0 Å². The van der Waals surface area contributed by atoms with Gasteiger partial charge in [0.15, 0.2) is 0 Å². The van der Waals surface area contributed by atoms with Crippen LogP contribution in [0.4, 0.5) is 0 Å². The predicted molar refractivity (Wildman–Crippen MR) is 70.5 cm³/mol. The molecule has 3 rings (SSSR count). The van der Waals surface area contributed by atoms with Gasteiger partial charge in [0.2, 0.25) is 6.39 Å². The lowest BCUT2D eigenvalue weighted by molar-refractivity contribution is 0.306. The molecule has 3 aromatic rings. The number of rotatable bonds is 4. The smallest absolute Gasteiger partial charge is 0.251 e. The molecule has 4 nitrogen and oxygen atoms in total. The van der Waals surface area contributed by atoms with Crippen LogP contribution in [0.15, 0.2) is 65.4 Å². The predicted octanol–water partition coefficient (Wildman–Crippen LogP) is 3.32. The molecule has 0 saturated carbocycles. The van der Waals surface area contributed by atoms with Crippen LogP contribution >= 0.6 is 0 Å². The van der Waals surface area contributed by atoms with Gasteiger partial charge in [-0.2, -0.15) is 0 Å². The molecule has 0 aliphatic carbocycles. The lowest BCUT2D eigenvalue weighted by Crippen LogP contribution is -1.96. The van der Waals surface area contributed by atoms with Gasteiger partial charge in [0.05, 0.1) is 5.56 Å². The Morgan fingerprint density at radius 1 is 0.947 bits per heavy atom. The van der Waals surface area contributed by atoms with E-state index >= 15 is 0 Å². The van der Waals surface area contributed by atoms with Gasteiger partial charge in [0.25, 0.3) is 5.89 Å². The zero-order valence-corrected chi connectivity index (χ0v) is 10.2. The summed E-state index contributed by atoms with van der Waals surface area (Å²) >= 11 is 0. The third kappa shape index (κ3) is 2.63. The Balaban J connectivity index is 1.82. The summed E-state index contributed by atoms with van der Waals surface area (Å²) in [6, 6.07) is 17.6. The molecule has 1 heterocycles. The SMILES string of the molecule is c1ccc(COc2ccccc2-c2nnco2)cc1. The van der Waals surface area contributed by atoms with Crippen molar-refractivity contribution in [1.82, 2.24) is 10.2 Å². The van der Waals surface area contributed by atoms with Crippen molar-refractivity contribution in [2.24, 2.45) is 0 Å². The fourth-order valence-electron chi connectivity index (χ4n) is 1.79. The second kappa shape index (κ2) is 5.35. The quantitative estimate of drug-likeness (QED) is 0.714. The molecule has 0 aliphatic heterocycles.